The largest absolute Gasteiger partial charge is 0.481 e. The fraction of sp³-hybridized carbons (Fsp3) is 0.444. The van der Waals surface area contributed by atoms with E-state index in [4.69, 9.17) is 4.74 Å². The quantitative estimate of drug-likeness (QED) is 0.566. The molecule has 2 aliphatic rings. The zero-order valence-electron chi connectivity index (χ0n) is 19.6. The zero-order valence-corrected chi connectivity index (χ0v) is 19.6. The molecule has 1 fully saturated rings. The van der Waals surface area contributed by atoms with E-state index >= 15 is 0 Å². The Morgan fingerprint density at radius 1 is 1.00 bits per heavy atom. The van der Waals surface area contributed by atoms with E-state index < -0.39 is 29.9 Å². The summed E-state index contributed by atoms with van der Waals surface area (Å²) in [5.41, 5.74) is 4.62. The number of alkyl carbamates (subject to hydrolysis) is 1. The van der Waals surface area contributed by atoms with E-state index in [1.807, 2.05) is 24.3 Å². The molecule has 3 N–H and O–H groups in total. The number of carbonyl (C=O) groups is 3. The third kappa shape index (κ3) is 5.08. The maximum atomic E-state index is 12.7. The minimum absolute atomic E-state index is 0.0253. The summed E-state index contributed by atoms with van der Waals surface area (Å²) in [6.07, 6.45) is 2.09. The molecule has 2 amide bonds. The smallest absolute Gasteiger partial charge is 0.407 e. The first-order valence-corrected chi connectivity index (χ1v) is 12.0. The van der Waals surface area contributed by atoms with Crippen molar-refractivity contribution >= 4 is 18.0 Å². The lowest BCUT2D eigenvalue weighted by molar-refractivity contribution is -0.143. The van der Waals surface area contributed by atoms with Crippen molar-refractivity contribution in [2.45, 2.75) is 57.5 Å². The highest BCUT2D eigenvalue weighted by Gasteiger charge is 2.31. The summed E-state index contributed by atoms with van der Waals surface area (Å²) in [6.45, 7) is 3.74. The molecule has 2 aromatic carbocycles. The van der Waals surface area contributed by atoms with Gasteiger partial charge in [-0.1, -0.05) is 61.9 Å². The molecule has 0 aromatic heterocycles. The molecule has 0 spiro atoms. The summed E-state index contributed by atoms with van der Waals surface area (Å²) >= 11 is 0. The summed E-state index contributed by atoms with van der Waals surface area (Å²) in [6, 6.07) is 15.7. The monoisotopic (exact) mass is 464 g/mol. The fourth-order valence-electron chi connectivity index (χ4n) is 5.06. The lowest BCUT2D eigenvalue weighted by atomic mass is 9.85. The first-order chi connectivity index (χ1) is 16.3. The third-order valence-corrected chi connectivity index (χ3v) is 7.22. The van der Waals surface area contributed by atoms with Crippen LogP contribution >= 0.6 is 0 Å². The fourth-order valence-corrected chi connectivity index (χ4v) is 5.06. The SMILES string of the molecule is CC(NC(=O)OCC1c2ccccc2-c2ccccc21)C(C)C(=O)NC1CCCC(C(=O)O)C1. The molecule has 4 unspecified atom stereocenters. The molecule has 4 rings (SSSR count). The van der Waals surface area contributed by atoms with Gasteiger partial charge in [-0.15, -0.1) is 0 Å². The van der Waals surface area contributed by atoms with Crippen LogP contribution in [0.2, 0.25) is 0 Å². The van der Waals surface area contributed by atoms with Gasteiger partial charge in [0.25, 0.3) is 0 Å². The van der Waals surface area contributed by atoms with Gasteiger partial charge in [0.2, 0.25) is 5.91 Å². The lowest BCUT2D eigenvalue weighted by Crippen LogP contribution is -2.48. The van der Waals surface area contributed by atoms with Crippen LogP contribution in [0.25, 0.3) is 11.1 Å². The number of carbonyl (C=O) groups excluding carboxylic acids is 2. The predicted octanol–water partition coefficient (Wildman–Crippen LogP) is 4.31. The van der Waals surface area contributed by atoms with Crippen LogP contribution in [0.5, 0.6) is 0 Å². The average molecular weight is 465 g/mol. The Kier molecular flexibility index (Phi) is 7.20. The van der Waals surface area contributed by atoms with Gasteiger partial charge in [0.05, 0.1) is 11.8 Å². The summed E-state index contributed by atoms with van der Waals surface area (Å²) < 4.78 is 5.58. The molecule has 1 saturated carbocycles. The number of aliphatic carboxylic acids is 1. The van der Waals surface area contributed by atoms with Gasteiger partial charge in [-0.3, -0.25) is 9.59 Å². The van der Waals surface area contributed by atoms with Gasteiger partial charge in [0.1, 0.15) is 6.61 Å². The molecule has 2 aromatic rings. The highest BCUT2D eigenvalue weighted by atomic mass is 16.5. The van der Waals surface area contributed by atoms with Crippen LogP contribution in [0.1, 0.15) is 56.6 Å². The summed E-state index contributed by atoms with van der Waals surface area (Å²) in [5.74, 6) is -1.92. The molecule has 0 aliphatic heterocycles. The number of nitrogens with one attached hydrogen (secondary N) is 2. The Morgan fingerprint density at radius 2 is 1.62 bits per heavy atom. The molecule has 0 heterocycles. The lowest BCUT2D eigenvalue weighted by Gasteiger charge is -2.29. The van der Waals surface area contributed by atoms with E-state index in [0.29, 0.717) is 12.8 Å². The maximum Gasteiger partial charge on any atom is 0.407 e. The van der Waals surface area contributed by atoms with Gasteiger partial charge in [0, 0.05) is 18.0 Å². The Morgan fingerprint density at radius 3 is 2.24 bits per heavy atom. The molecular weight excluding hydrogens is 432 g/mol. The predicted molar refractivity (Wildman–Crippen MR) is 128 cm³/mol. The number of carboxylic acids is 1. The maximum absolute atomic E-state index is 12.7. The third-order valence-electron chi connectivity index (χ3n) is 7.22. The van der Waals surface area contributed by atoms with Crippen LogP contribution in [-0.2, 0) is 14.3 Å². The highest BCUT2D eigenvalue weighted by molar-refractivity contribution is 5.81. The van der Waals surface area contributed by atoms with Crippen LogP contribution in [0.4, 0.5) is 4.79 Å². The first-order valence-electron chi connectivity index (χ1n) is 12.0. The normalized spacial score (nSPS) is 21.0. The molecule has 34 heavy (non-hydrogen) atoms. The second kappa shape index (κ2) is 10.3. The van der Waals surface area contributed by atoms with Crippen molar-refractivity contribution in [2.75, 3.05) is 6.61 Å². The van der Waals surface area contributed by atoms with Crippen molar-refractivity contribution in [3.63, 3.8) is 0 Å². The van der Waals surface area contributed by atoms with Crippen LogP contribution in [-0.4, -0.2) is 41.8 Å². The molecule has 0 radical (unpaired) electrons. The Hall–Kier alpha value is -3.35. The number of hydrogen-bond acceptors (Lipinski definition) is 4. The Labute approximate surface area is 199 Å². The summed E-state index contributed by atoms with van der Waals surface area (Å²) in [7, 11) is 0. The number of rotatable bonds is 7. The van der Waals surface area contributed by atoms with Crippen molar-refractivity contribution < 1.29 is 24.2 Å². The van der Waals surface area contributed by atoms with E-state index in [1.165, 1.54) is 11.1 Å². The highest BCUT2D eigenvalue weighted by Crippen LogP contribution is 2.44. The molecule has 0 saturated heterocycles. The van der Waals surface area contributed by atoms with Gasteiger partial charge >= 0.3 is 12.1 Å². The minimum Gasteiger partial charge on any atom is -0.481 e. The van der Waals surface area contributed by atoms with Crippen molar-refractivity contribution in [1.29, 1.82) is 0 Å². The van der Waals surface area contributed by atoms with Gasteiger partial charge in [-0.2, -0.15) is 0 Å². The zero-order chi connectivity index (χ0) is 24.2. The van der Waals surface area contributed by atoms with Gasteiger partial charge < -0.3 is 20.5 Å². The van der Waals surface area contributed by atoms with E-state index in [1.54, 1.807) is 13.8 Å². The van der Waals surface area contributed by atoms with Crippen molar-refractivity contribution in [3.8, 4) is 11.1 Å². The first kappa shape index (κ1) is 23.8. The van der Waals surface area contributed by atoms with Crippen LogP contribution in [0.3, 0.4) is 0 Å². The second-order valence-electron chi connectivity index (χ2n) is 9.45. The number of hydrogen-bond donors (Lipinski definition) is 3. The molecule has 7 nitrogen and oxygen atoms in total. The molecule has 2 aliphatic carbocycles. The molecule has 7 heteroatoms. The van der Waals surface area contributed by atoms with E-state index in [9.17, 15) is 19.5 Å². The van der Waals surface area contributed by atoms with Crippen LogP contribution in [0, 0.1) is 11.8 Å². The summed E-state index contributed by atoms with van der Waals surface area (Å²) in [4.78, 5) is 36.5. The standard InChI is InChI=1S/C27H32N2O5/c1-16(25(30)29-19-9-7-8-18(14-19)26(31)32)17(2)28-27(33)34-15-24-22-12-5-3-10-20(22)21-11-4-6-13-23(21)24/h3-6,10-13,16-19,24H,7-9,14-15H2,1-2H3,(H,28,33)(H,29,30)(H,31,32). The summed E-state index contributed by atoms with van der Waals surface area (Å²) in [5, 5.41) is 15.0. The molecule has 180 valence electrons. The molecular formula is C27H32N2O5. The average Bonchev–Trinajstić information content (AvgIpc) is 3.16. The van der Waals surface area contributed by atoms with Crippen LogP contribution < -0.4 is 10.6 Å². The van der Waals surface area contributed by atoms with E-state index in [0.717, 1.165) is 24.0 Å². The van der Waals surface area contributed by atoms with E-state index in [-0.39, 0.29) is 24.5 Å². The Bertz CT molecular complexity index is 1020. The van der Waals surface area contributed by atoms with Gasteiger partial charge in [0.15, 0.2) is 0 Å². The number of carboxylic acid groups (broad SMARTS) is 1. The number of fused-ring (bicyclic) bond motifs is 3. The van der Waals surface area contributed by atoms with E-state index in [2.05, 4.69) is 34.9 Å². The number of ether oxygens (including phenoxy) is 1. The van der Waals surface area contributed by atoms with Crippen molar-refractivity contribution in [1.82, 2.24) is 10.6 Å². The molecule has 4 atom stereocenters. The minimum atomic E-state index is -0.808. The van der Waals surface area contributed by atoms with Gasteiger partial charge in [-0.25, -0.2) is 4.79 Å². The van der Waals surface area contributed by atoms with Crippen LogP contribution in [0.15, 0.2) is 48.5 Å². The Balaban J connectivity index is 1.29. The topological polar surface area (TPSA) is 105 Å². The van der Waals surface area contributed by atoms with Crippen molar-refractivity contribution in [2.24, 2.45) is 11.8 Å². The number of benzene rings is 2. The number of amides is 2. The second-order valence-corrected chi connectivity index (χ2v) is 9.45. The molecule has 0 bridgehead atoms. The van der Waals surface area contributed by atoms with Crippen molar-refractivity contribution in [3.05, 3.63) is 59.7 Å². The van der Waals surface area contributed by atoms with Gasteiger partial charge in [-0.05, 0) is 48.4 Å².